The van der Waals surface area contributed by atoms with Gasteiger partial charge in [-0.2, -0.15) is 0 Å². The minimum atomic E-state index is 0.232. The molecule has 0 N–H and O–H groups in total. The molecule has 1 aliphatic carbocycles. The second-order valence-electron chi connectivity index (χ2n) is 7.34. The standard InChI is InChI=1S/C19H26N2O2/c22-19(21-12-16-4-1-2-5-17(16)13-21)15-7-9-20(10-8-15)14-18-6-3-11-23-18/h1-3,6,11,15-17H,4-5,7-10,12-14H2/t16-,17+. The minimum Gasteiger partial charge on any atom is -0.468 e. The average molecular weight is 314 g/mol. The molecule has 0 aromatic carbocycles. The van der Waals surface area contributed by atoms with Crippen LogP contribution in [0.1, 0.15) is 31.4 Å². The van der Waals surface area contributed by atoms with Gasteiger partial charge in [-0.1, -0.05) is 12.2 Å². The molecular weight excluding hydrogens is 288 g/mol. The van der Waals surface area contributed by atoms with E-state index < -0.39 is 0 Å². The van der Waals surface area contributed by atoms with Crippen LogP contribution in [-0.2, 0) is 11.3 Å². The third kappa shape index (κ3) is 3.23. The van der Waals surface area contributed by atoms with Crippen molar-refractivity contribution < 1.29 is 9.21 Å². The lowest BCUT2D eigenvalue weighted by molar-refractivity contribution is -0.136. The first kappa shape index (κ1) is 15.0. The van der Waals surface area contributed by atoms with Gasteiger partial charge in [-0.05, 0) is 62.7 Å². The molecule has 0 radical (unpaired) electrons. The van der Waals surface area contributed by atoms with Gasteiger partial charge in [-0.3, -0.25) is 9.69 Å². The van der Waals surface area contributed by atoms with Crippen LogP contribution in [0.15, 0.2) is 35.0 Å². The van der Waals surface area contributed by atoms with Crippen molar-refractivity contribution in [2.75, 3.05) is 26.2 Å². The van der Waals surface area contributed by atoms with E-state index in [4.69, 9.17) is 4.42 Å². The smallest absolute Gasteiger partial charge is 0.225 e. The highest BCUT2D eigenvalue weighted by molar-refractivity contribution is 5.79. The molecule has 2 atom stereocenters. The summed E-state index contributed by atoms with van der Waals surface area (Å²) in [5, 5.41) is 0. The van der Waals surface area contributed by atoms with Gasteiger partial charge in [0.15, 0.2) is 0 Å². The Morgan fingerprint density at radius 2 is 1.83 bits per heavy atom. The van der Waals surface area contributed by atoms with E-state index in [0.717, 1.165) is 64.2 Å². The Hall–Kier alpha value is -1.55. The zero-order valence-electron chi connectivity index (χ0n) is 13.7. The molecule has 1 aromatic rings. The van der Waals surface area contributed by atoms with Crippen molar-refractivity contribution in [3.63, 3.8) is 0 Å². The summed E-state index contributed by atoms with van der Waals surface area (Å²) in [5.41, 5.74) is 0. The zero-order valence-corrected chi connectivity index (χ0v) is 13.7. The molecule has 0 saturated carbocycles. The number of fused-ring (bicyclic) bond motifs is 1. The molecule has 124 valence electrons. The summed E-state index contributed by atoms with van der Waals surface area (Å²) in [4.78, 5) is 17.4. The molecule has 4 rings (SSSR count). The van der Waals surface area contributed by atoms with Gasteiger partial charge in [-0.15, -0.1) is 0 Å². The number of furan rings is 1. The molecule has 3 heterocycles. The number of likely N-dealkylation sites (tertiary alicyclic amines) is 2. The number of allylic oxidation sites excluding steroid dienone is 2. The number of hydrogen-bond donors (Lipinski definition) is 0. The Bertz CT molecular complexity index is 542. The topological polar surface area (TPSA) is 36.7 Å². The summed E-state index contributed by atoms with van der Waals surface area (Å²) in [7, 11) is 0. The predicted molar refractivity (Wildman–Crippen MR) is 88.6 cm³/mol. The molecular formula is C19H26N2O2. The van der Waals surface area contributed by atoms with Gasteiger partial charge in [0.2, 0.25) is 5.91 Å². The Balaban J connectivity index is 1.28. The van der Waals surface area contributed by atoms with Crippen LogP contribution >= 0.6 is 0 Å². The third-order valence-electron chi connectivity index (χ3n) is 5.83. The van der Waals surface area contributed by atoms with Gasteiger partial charge >= 0.3 is 0 Å². The maximum Gasteiger partial charge on any atom is 0.225 e. The van der Waals surface area contributed by atoms with Gasteiger partial charge in [0.1, 0.15) is 5.76 Å². The highest BCUT2D eigenvalue weighted by Gasteiger charge is 2.38. The molecule has 4 nitrogen and oxygen atoms in total. The third-order valence-corrected chi connectivity index (χ3v) is 5.83. The normalized spacial score (nSPS) is 29.0. The maximum atomic E-state index is 12.8. The largest absolute Gasteiger partial charge is 0.468 e. The Morgan fingerprint density at radius 1 is 1.13 bits per heavy atom. The molecule has 4 heteroatoms. The van der Waals surface area contributed by atoms with E-state index in [0.29, 0.717) is 17.7 Å². The predicted octanol–water partition coefficient (Wildman–Crippen LogP) is 2.92. The summed E-state index contributed by atoms with van der Waals surface area (Å²) in [5.74, 6) is 3.09. The molecule has 0 bridgehead atoms. The number of rotatable bonds is 3. The van der Waals surface area contributed by atoms with Gasteiger partial charge < -0.3 is 9.32 Å². The zero-order chi connectivity index (χ0) is 15.6. The van der Waals surface area contributed by atoms with Gasteiger partial charge in [0.05, 0.1) is 12.8 Å². The van der Waals surface area contributed by atoms with Crippen molar-refractivity contribution in [1.82, 2.24) is 9.80 Å². The monoisotopic (exact) mass is 314 g/mol. The molecule has 2 aliphatic heterocycles. The SMILES string of the molecule is O=C(C1CCN(Cc2ccco2)CC1)N1C[C@H]2CC=CC[C@H]2C1. The van der Waals surface area contributed by atoms with E-state index in [9.17, 15) is 4.79 Å². The molecule has 2 fully saturated rings. The molecule has 0 spiro atoms. The second kappa shape index (κ2) is 6.52. The summed E-state index contributed by atoms with van der Waals surface area (Å²) in [6.45, 7) is 4.84. The fourth-order valence-electron chi connectivity index (χ4n) is 4.41. The average Bonchev–Trinajstić information content (AvgIpc) is 3.24. The van der Waals surface area contributed by atoms with Crippen LogP contribution in [0, 0.1) is 17.8 Å². The first-order chi connectivity index (χ1) is 11.3. The molecule has 2 saturated heterocycles. The lowest BCUT2D eigenvalue weighted by Crippen LogP contribution is -2.41. The van der Waals surface area contributed by atoms with Gasteiger partial charge in [0.25, 0.3) is 0 Å². The van der Waals surface area contributed by atoms with E-state index in [2.05, 4.69) is 22.0 Å². The van der Waals surface area contributed by atoms with E-state index in [1.807, 2.05) is 12.1 Å². The van der Waals surface area contributed by atoms with Crippen molar-refractivity contribution >= 4 is 5.91 Å². The molecule has 1 amide bonds. The van der Waals surface area contributed by atoms with Gasteiger partial charge in [0, 0.05) is 19.0 Å². The first-order valence-electron chi connectivity index (χ1n) is 8.98. The van der Waals surface area contributed by atoms with E-state index in [1.165, 1.54) is 0 Å². The van der Waals surface area contributed by atoms with E-state index >= 15 is 0 Å². The number of piperidine rings is 1. The molecule has 0 unspecified atom stereocenters. The lowest BCUT2D eigenvalue weighted by Gasteiger charge is -2.32. The Kier molecular flexibility index (Phi) is 4.25. The first-order valence-corrected chi connectivity index (χ1v) is 8.98. The van der Waals surface area contributed by atoms with Crippen molar-refractivity contribution in [1.29, 1.82) is 0 Å². The van der Waals surface area contributed by atoms with Crippen molar-refractivity contribution in [2.45, 2.75) is 32.2 Å². The maximum absolute atomic E-state index is 12.8. The summed E-state index contributed by atoms with van der Waals surface area (Å²) in [6.07, 6.45) is 10.6. The van der Waals surface area contributed by atoms with Crippen molar-refractivity contribution in [3.05, 3.63) is 36.3 Å². The fourth-order valence-corrected chi connectivity index (χ4v) is 4.41. The Morgan fingerprint density at radius 3 is 2.43 bits per heavy atom. The number of amides is 1. The number of carbonyl (C=O) groups is 1. The van der Waals surface area contributed by atoms with Crippen molar-refractivity contribution in [2.24, 2.45) is 17.8 Å². The van der Waals surface area contributed by atoms with Crippen molar-refractivity contribution in [3.8, 4) is 0 Å². The summed E-state index contributed by atoms with van der Waals surface area (Å²) in [6, 6.07) is 3.96. The van der Waals surface area contributed by atoms with Crippen LogP contribution in [0.5, 0.6) is 0 Å². The number of carbonyl (C=O) groups excluding carboxylic acids is 1. The lowest BCUT2D eigenvalue weighted by atomic mass is 9.86. The molecule has 23 heavy (non-hydrogen) atoms. The van der Waals surface area contributed by atoms with Crippen LogP contribution in [0.4, 0.5) is 0 Å². The molecule has 3 aliphatic rings. The van der Waals surface area contributed by atoms with Crippen LogP contribution in [0.3, 0.4) is 0 Å². The number of hydrogen-bond acceptors (Lipinski definition) is 3. The van der Waals surface area contributed by atoms with E-state index in [1.54, 1.807) is 6.26 Å². The van der Waals surface area contributed by atoms with Crippen LogP contribution in [0.25, 0.3) is 0 Å². The highest BCUT2D eigenvalue weighted by Crippen LogP contribution is 2.34. The quantitative estimate of drug-likeness (QED) is 0.805. The molecule has 1 aromatic heterocycles. The second-order valence-corrected chi connectivity index (χ2v) is 7.34. The Labute approximate surface area is 138 Å². The van der Waals surface area contributed by atoms with Crippen LogP contribution in [-0.4, -0.2) is 41.9 Å². The van der Waals surface area contributed by atoms with E-state index in [-0.39, 0.29) is 5.92 Å². The minimum absolute atomic E-state index is 0.232. The number of nitrogens with zero attached hydrogens (tertiary/aromatic N) is 2. The van der Waals surface area contributed by atoms with Crippen LogP contribution in [0.2, 0.25) is 0 Å². The summed E-state index contributed by atoms with van der Waals surface area (Å²) >= 11 is 0. The van der Waals surface area contributed by atoms with Crippen LogP contribution < -0.4 is 0 Å². The summed E-state index contributed by atoms with van der Waals surface area (Å²) < 4.78 is 5.42. The fraction of sp³-hybridized carbons (Fsp3) is 0.632. The highest BCUT2D eigenvalue weighted by atomic mass is 16.3. The van der Waals surface area contributed by atoms with Gasteiger partial charge in [-0.25, -0.2) is 0 Å².